The molecule has 0 aliphatic heterocycles. The molecule has 5 radical (unpaired) electrons. The van der Waals surface area contributed by atoms with Gasteiger partial charge in [-0.05, 0) is 45.1 Å². The zero-order chi connectivity index (χ0) is 11.4. The molecule has 0 unspecified atom stereocenters. The van der Waals surface area contributed by atoms with Crippen LogP contribution in [0.3, 0.4) is 0 Å². The van der Waals surface area contributed by atoms with E-state index in [4.69, 9.17) is 4.99 Å². The van der Waals surface area contributed by atoms with Crippen LogP contribution in [0, 0.1) is 31.6 Å². The Bertz CT molecular complexity index is 347. The third kappa shape index (κ3) is 2.72. The van der Waals surface area contributed by atoms with Gasteiger partial charge in [0.1, 0.15) is 0 Å². The molecule has 1 aliphatic rings. The van der Waals surface area contributed by atoms with Crippen LogP contribution in [0.4, 0.5) is 0 Å². The van der Waals surface area contributed by atoms with E-state index in [1.54, 1.807) is 0 Å². The van der Waals surface area contributed by atoms with Gasteiger partial charge in [-0.15, -0.1) is 0 Å². The van der Waals surface area contributed by atoms with Gasteiger partial charge in [0.2, 0.25) is 0 Å². The third-order valence-corrected chi connectivity index (χ3v) is 2.75. The van der Waals surface area contributed by atoms with Crippen LogP contribution in [0.15, 0.2) is 35.3 Å². The molecule has 1 nitrogen and oxygen atoms in total. The van der Waals surface area contributed by atoms with Crippen LogP contribution in [0.25, 0.3) is 0 Å². The van der Waals surface area contributed by atoms with E-state index in [1.165, 1.54) is 11.5 Å². The van der Waals surface area contributed by atoms with Crippen LogP contribution in [0.1, 0.15) is 25.5 Å². The molecule has 0 bridgehead atoms. The summed E-state index contributed by atoms with van der Waals surface area (Å²) in [6.45, 7) is 4.19. The molecule has 16 heavy (non-hydrogen) atoms. The number of rotatable bonds is 3. The van der Waals surface area contributed by atoms with Crippen LogP contribution >= 0.6 is 0 Å². The first-order valence-corrected chi connectivity index (χ1v) is 5.59. The van der Waals surface area contributed by atoms with E-state index in [0.717, 1.165) is 5.71 Å². The quantitative estimate of drug-likeness (QED) is 0.676. The van der Waals surface area contributed by atoms with Crippen molar-refractivity contribution in [3.05, 3.63) is 67.5 Å². The average Bonchev–Trinajstić information content (AvgIpc) is 2.83. The van der Waals surface area contributed by atoms with Gasteiger partial charge in [-0.3, -0.25) is 4.99 Å². The van der Waals surface area contributed by atoms with Crippen LogP contribution in [0.2, 0.25) is 0 Å². The predicted molar refractivity (Wildman–Crippen MR) is 68.4 cm³/mol. The van der Waals surface area contributed by atoms with Gasteiger partial charge in [0, 0.05) is 11.6 Å². The molecule has 0 aromatic heterocycles. The molecule has 1 heteroatoms. The number of hydrogen-bond donors (Lipinski definition) is 0. The molecule has 1 aromatic carbocycles. The fourth-order valence-corrected chi connectivity index (χ4v) is 1.79. The molecule has 0 N–H and O–H groups in total. The minimum atomic E-state index is 0.219. The van der Waals surface area contributed by atoms with Crippen molar-refractivity contribution in [2.75, 3.05) is 0 Å². The summed E-state index contributed by atoms with van der Waals surface area (Å²) in [5.74, 6) is 1.21. The zero-order valence-corrected chi connectivity index (χ0v) is 9.72. The van der Waals surface area contributed by atoms with E-state index in [-0.39, 0.29) is 6.04 Å². The summed E-state index contributed by atoms with van der Waals surface area (Å²) >= 11 is 0. The molecular formula is C15H16N. The molecular weight excluding hydrogens is 194 g/mol. The maximum Gasteiger partial charge on any atom is 0.0720 e. The van der Waals surface area contributed by atoms with Gasteiger partial charge in [-0.25, -0.2) is 0 Å². The van der Waals surface area contributed by atoms with Gasteiger partial charge in [0.05, 0.1) is 6.04 Å². The number of nitrogens with zero attached hydrogens (tertiary/aromatic N) is 1. The van der Waals surface area contributed by atoms with E-state index in [1.807, 2.05) is 18.9 Å². The lowest BCUT2D eigenvalue weighted by molar-refractivity contribution is 0.817. The second kappa shape index (κ2) is 5.29. The van der Waals surface area contributed by atoms with Crippen LogP contribution in [-0.2, 0) is 0 Å². The van der Waals surface area contributed by atoms with Crippen molar-refractivity contribution in [1.82, 2.24) is 0 Å². The first-order valence-electron chi connectivity index (χ1n) is 5.59. The third-order valence-electron chi connectivity index (χ3n) is 2.75. The highest BCUT2D eigenvalue weighted by Gasteiger charge is 2.20. The highest BCUT2D eigenvalue weighted by Crippen LogP contribution is 2.26. The average molecular weight is 210 g/mol. The normalized spacial score (nSPS) is 20.0. The summed E-state index contributed by atoms with van der Waals surface area (Å²) in [5.41, 5.74) is 2.36. The van der Waals surface area contributed by atoms with Crippen molar-refractivity contribution < 1.29 is 0 Å². The highest BCUT2D eigenvalue weighted by atomic mass is 14.8. The fraction of sp³-hybridized carbons (Fsp3) is 0.200. The van der Waals surface area contributed by atoms with Gasteiger partial charge >= 0.3 is 0 Å². The molecule has 1 fully saturated rings. The van der Waals surface area contributed by atoms with Crippen LogP contribution < -0.4 is 0 Å². The molecule has 0 heterocycles. The van der Waals surface area contributed by atoms with Crippen molar-refractivity contribution in [2.45, 2.75) is 19.9 Å². The first kappa shape index (κ1) is 11.4. The lowest BCUT2D eigenvalue weighted by atomic mass is 10.0. The molecule has 0 spiro atoms. The van der Waals surface area contributed by atoms with E-state index in [2.05, 4.69) is 51.0 Å². The van der Waals surface area contributed by atoms with Crippen molar-refractivity contribution in [3.8, 4) is 0 Å². The van der Waals surface area contributed by atoms with Crippen molar-refractivity contribution in [3.63, 3.8) is 0 Å². The lowest BCUT2D eigenvalue weighted by Crippen LogP contribution is -2.06. The van der Waals surface area contributed by atoms with E-state index >= 15 is 0 Å². The van der Waals surface area contributed by atoms with Gasteiger partial charge in [0.15, 0.2) is 0 Å². The summed E-state index contributed by atoms with van der Waals surface area (Å²) < 4.78 is 0. The van der Waals surface area contributed by atoms with E-state index in [9.17, 15) is 0 Å². The summed E-state index contributed by atoms with van der Waals surface area (Å²) in [5, 5.41) is 0. The maximum atomic E-state index is 4.71. The first-order chi connectivity index (χ1) is 7.77. The Balaban J connectivity index is 2.05. The highest BCUT2D eigenvalue weighted by molar-refractivity contribution is 6.00. The van der Waals surface area contributed by atoms with Gasteiger partial charge in [0.25, 0.3) is 0 Å². The molecule has 0 amide bonds. The fourth-order valence-electron chi connectivity index (χ4n) is 1.79. The topological polar surface area (TPSA) is 12.4 Å². The maximum absolute atomic E-state index is 4.71. The van der Waals surface area contributed by atoms with Crippen molar-refractivity contribution in [1.29, 1.82) is 0 Å². The SMILES string of the molecule is CC(=N[C@H](C)c1ccccc1)[C]1[CH][CH][CH][CH]1. The second-order valence-corrected chi connectivity index (χ2v) is 3.97. The Morgan fingerprint density at radius 2 is 1.69 bits per heavy atom. The number of benzene rings is 1. The van der Waals surface area contributed by atoms with E-state index < -0.39 is 0 Å². The Labute approximate surface area is 98.6 Å². The largest absolute Gasteiger partial charge is 0.286 e. The van der Waals surface area contributed by atoms with Gasteiger partial charge in [-0.1, -0.05) is 30.3 Å². The zero-order valence-electron chi connectivity index (χ0n) is 9.72. The van der Waals surface area contributed by atoms with Gasteiger partial charge < -0.3 is 0 Å². The molecule has 1 aliphatic carbocycles. The van der Waals surface area contributed by atoms with Crippen molar-refractivity contribution >= 4 is 5.71 Å². The predicted octanol–water partition coefficient (Wildman–Crippen LogP) is 3.61. The number of aliphatic imine (C=N–C) groups is 1. The molecule has 1 aromatic rings. The monoisotopic (exact) mass is 210 g/mol. The van der Waals surface area contributed by atoms with Gasteiger partial charge in [-0.2, -0.15) is 0 Å². The molecule has 2 rings (SSSR count). The summed E-state index contributed by atoms with van der Waals surface area (Å²) in [4.78, 5) is 4.71. The van der Waals surface area contributed by atoms with Crippen LogP contribution in [0.5, 0.6) is 0 Å². The van der Waals surface area contributed by atoms with Crippen molar-refractivity contribution in [2.24, 2.45) is 4.99 Å². The molecule has 0 saturated heterocycles. The lowest BCUT2D eigenvalue weighted by Gasteiger charge is -2.12. The minimum absolute atomic E-state index is 0.219. The van der Waals surface area contributed by atoms with E-state index in [0.29, 0.717) is 0 Å². The number of hydrogen-bond acceptors (Lipinski definition) is 1. The summed E-state index contributed by atoms with van der Waals surface area (Å²) in [7, 11) is 0. The van der Waals surface area contributed by atoms with Crippen LogP contribution in [-0.4, -0.2) is 5.71 Å². The summed E-state index contributed by atoms with van der Waals surface area (Å²) in [6, 6.07) is 10.6. The Hall–Kier alpha value is -1.11. The smallest absolute Gasteiger partial charge is 0.0720 e. The standard InChI is InChI=1S/C15H16N/c1-12(14-8-4-3-5-9-14)16-13(2)15-10-6-7-11-15/h3-12H,1-2H3/t12-/m1/s1. The molecule has 1 saturated carbocycles. The molecule has 81 valence electrons. The summed E-state index contributed by atoms with van der Waals surface area (Å²) in [6.07, 6.45) is 8.27. The second-order valence-electron chi connectivity index (χ2n) is 3.97. The minimum Gasteiger partial charge on any atom is -0.286 e. The Morgan fingerprint density at radius 1 is 1.06 bits per heavy atom. The molecule has 1 atom stereocenters. The Morgan fingerprint density at radius 3 is 2.31 bits per heavy atom. The Kier molecular flexibility index (Phi) is 3.76.